The Bertz CT molecular complexity index is 577. The van der Waals surface area contributed by atoms with Gasteiger partial charge in [0.2, 0.25) is 0 Å². The van der Waals surface area contributed by atoms with Crippen molar-refractivity contribution in [1.29, 1.82) is 0 Å². The van der Waals surface area contributed by atoms with Crippen LogP contribution in [0, 0.1) is 0 Å². The van der Waals surface area contributed by atoms with Crippen LogP contribution in [0.15, 0.2) is 36.4 Å². The zero-order valence-electron chi connectivity index (χ0n) is 10.7. The third-order valence-electron chi connectivity index (χ3n) is 4.40. The topological polar surface area (TPSA) is 3.24 Å². The van der Waals surface area contributed by atoms with Crippen LogP contribution < -0.4 is 4.90 Å². The number of anilines is 1. The fraction of sp³-hybridized carbons (Fsp3) is 0.412. The van der Waals surface area contributed by atoms with Gasteiger partial charge in [0.25, 0.3) is 0 Å². The van der Waals surface area contributed by atoms with Gasteiger partial charge in [-0.2, -0.15) is 0 Å². The Morgan fingerprint density at radius 3 is 2.28 bits per heavy atom. The molecule has 0 spiro atoms. The van der Waals surface area contributed by atoms with E-state index in [1.165, 1.54) is 55.2 Å². The highest BCUT2D eigenvalue weighted by atomic mass is 15.1. The number of hydrogen-bond donors (Lipinski definition) is 0. The molecule has 0 amide bonds. The summed E-state index contributed by atoms with van der Waals surface area (Å²) in [6.45, 7) is 2.46. The zero-order chi connectivity index (χ0) is 11.9. The third kappa shape index (κ3) is 1.61. The van der Waals surface area contributed by atoms with Crippen LogP contribution >= 0.6 is 0 Å². The van der Waals surface area contributed by atoms with Crippen molar-refractivity contribution in [3.05, 3.63) is 42.0 Å². The Hall–Kier alpha value is -1.50. The summed E-state index contributed by atoms with van der Waals surface area (Å²) in [5.41, 5.74) is 3.03. The standard InChI is InChI=1S/C17H19N/c1-2-6-16-15(5-1)14(13-7-8-13)9-10-17(16)18-11-3-4-12-18/h1-2,5-6,9-10,13H,3-4,7-8,11-12H2. The van der Waals surface area contributed by atoms with Crippen molar-refractivity contribution in [1.82, 2.24) is 0 Å². The molecule has 4 rings (SSSR count). The van der Waals surface area contributed by atoms with Gasteiger partial charge in [-0.05, 0) is 48.6 Å². The van der Waals surface area contributed by atoms with E-state index in [1.54, 1.807) is 5.56 Å². The highest BCUT2D eigenvalue weighted by Gasteiger charge is 2.26. The lowest BCUT2D eigenvalue weighted by atomic mass is 9.99. The van der Waals surface area contributed by atoms with Gasteiger partial charge in [-0.3, -0.25) is 0 Å². The summed E-state index contributed by atoms with van der Waals surface area (Å²) >= 11 is 0. The molecule has 92 valence electrons. The first kappa shape index (κ1) is 10.4. The van der Waals surface area contributed by atoms with Crippen LogP contribution in [0.5, 0.6) is 0 Å². The molecule has 0 N–H and O–H groups in total. The third-order valence-corrected chi connectivity index (χ3v) is 4.40. The van der Waals surface area contributed by atoms with Crippen LogP contribution in [0.25, 0.3) is 10.8 Å². The molecule has 1 aliphatic heterocycles. The van der Waals surface area contributed by atoms with Crippen molar-refractivity contribution in [2.24, 2.45) is 0 Å². The molecule has 2 aromatic rings. The van der Waals surface area contributed by atoms with E-state index < -0.39 is 0 Å². The van der Waals surface area contributed by atoms with Crippen LogP contribution in [0.1, 0.15) is 37.2 Å². The fourth-order valence-corrected chi connectivity index (χ4v) is 3.29. The maximum atomic E-state index is 2.55. The fourth-order valence-electron chi connectivity index (χ4n) is 3.29. The van der Waals surface area contributed by atoms with Crippen LogP contribution in [0.2, 0.25) is 0 Å². The Morgan fingerprint density at radius 1 is 0.833 bits per heavy atom. The van der Waals surface area contributed by atoms with Crippen molar-refractivity contribution in [2.45, 2.75) is 31.6 Å². The summed E-state index contributed by atoms with van der Waals surface area (Å²) in [7, 11) is 0. The van der Waals surface area contributed by atoms with Gasteiger partial charge in [0.05, 0.1) is 0 Å². The summed E-state index contributed by atoms with van der Waals surface area (Å²) in [5.74, 6) is 0.836. The molecule has 2 fully saturated rings. The number of benzene rings is 2. The van der Waals surface area contributed by atoms with Gasteiger partial charge in [0.15, 0.2) is 0 Å². The van der Waals surface area contributed by atoms with Gasteiger partial charge in [0, 0.05) is 24.2 Å². The molecule has 2 aromatic carbocycles. The first-order valence-corrected chi connectivity index (χ1v) is 7.20. The van der Waals surface area contributed by atoms with Gasteiger partial charge in [0.1, 0.15) is 0 Å². The van der Waals surface area contributed by atoms with Crippen molar-refractivity contribution >= 4 is 16.5 Å². The summed E-state index contributed by atoms with van der Waals surface area (Å²) < 4.78 is 0. The highest BCUT2D eigenvalue weighted by molar-refractivity contribution is 5.97. The molecule has 1 nitrogen and oxygen atoms in total. The lowest BCUT2D eigenvalue weighted by Gasteiger charge is -2.21. The molecule has 1 saturated carbocycles. The maximum Gasteiger partial charge on any atom is 0.0446 e. The average Bonchev–Trinajstić information content (AvgIpc) is 3.12. The van der Waals surface area contributed by atoms with E-state index >= 15 is 0 Å². The molecule has 0 aromatic heterocycles. The monoisotopic (exact) mass is 237 g/mol. The van der Waals surface area contributed by atoms with Crippen LogP contribution in [0.3, 0.4) is 0 Å². The Kier molecular flexibility index (Phi) is 2.32. The molecule has 0 bridgehead atoms. The Labute approximate surface area is 108 Å². The van der Waals surface area contributed by atoms with E-state index in [4.69, 9.17) is 0 Å². The van der Waals surface area contributed by atoms with E-state index in [2.05, 4.69) is 41.3 Å². The smallest absolute Gasteiger partial charge is 0.0446 e. The molecule has 1 heterocycles. The van der Waals surface area contributed by atoms with E-state index in [-0.39, 0.29) is 0 Å². The largest absolute Gasteiger partial charge is 0.371 e. The second-order valence-electron chi connectivity index (χ2n) is 5.69. The molecule has 1 saturated heterocycles. The second-order valence-corrected chi connectivity index (χ2v) is 5.69. The number of hydrogen-bond acceptors (Lipinski definition) is 1. The van der Waals surface area contributed by atoms with Gasteiger partial charge >= 0.3 is 0 Å². The van der Waals surface area contributed by atoms with Crippen LogP contribution in [-0.2, 0) is 0 Å². The van der Waals surface area contributed by atoms with Crippen LogP contribution in [-0.4, -0.2) is 13.1 Å². The molecular formula is C17H19N. The average molecular weight is 237 g/mol. The van der Waals surface area contributed by atoms with Crippen molar-refractivity contribution in [3.63, 3.8) is 0 Å². The predicted octanol–water partition coefficient (Wildman–Crippen LogP) is 4.32. The maximum absolute atomic E-state index is 2.55. The number of nitrogens with zero attached hydrogens (tertiary/aromatic N) is 1. The molecule has 1 heteroatoms. The SMILES string of the molecule is c1ccc2c(N3CCCC3)ccc(C3CC3)c2c1. The molecule has 1 aliphatic carbocycles. The van der Waals surface area contributed by atoms with Crippen molar-refractivity contribution in [3.8, 4) is 0 Å². The summed E-state index contributed by atoms with van der Waals surface area (Å²) in [6.07, 6.45) is 5.46. The molecule has 0 atom stereocenters. The molecular weight excluding hydrogens is 218 g/mol. The molecule has 18 heavy (non-hydrogen) atoms. The normalized spacial score (nSPS) is 19.7. The van der Waals surface area contributed by atoms with Gasteiger partial charge in [-0.15, -0.1) is 0 Å². The van der Waals surface area contributed by atoms with Gasteiger partial charge < -0.3 is 4.90 Å². The summed E-state index contributed by atoms with van der Waals surface area (Å²) in [4.78, 5) is 2.55. The first-order valence-electron chi connectivity index (χ1n) is 7.20. The van der Waals surface area contributed by atoms with E-state index in [9.17, 15) is 0 Å². The van der Waals surface area contributed by atoms with E-state index in [0.717, 1.165) is 5.92 Å². The minimum absolute atomic E-state index is 0.836. The number of fused-ring (bicyclic) bond motifs is 1. The lowest BCUT2D eigenvalue weighted by molar-refractivity contribution is 0.949. The van der Waals surface area contributed by atoms with Crippen LogP contribution in [0.4, 0.5) is 5.69 Å². The molecule has 0 unspecified atom stereocenters. The van der Waals surface area contributed by atoms with Crippen molar-refractivity contribution in [2.75, 3.05) is 18.0 Å². The lowest BCUT2D eigenvalue weighted by Crippen LogP contribution is -2.17. The minimum Gasteiger partial charge on any atom is -0.371 e. The Morgan fingerprint density at radius 2 is 1.56 bits per heavy atom. The zero-order valence-corrected chi connectivity index (χ0v) is 10.7. The summed E-state index contributed by atoms with van der Waals surface area (Å²) in [5, 5.41) is 2.95. The van der Waals surface area contributed by atoms with Gasteiger partial charge in [-0.1, -0.05) is 30.3 Å². The first-order chi connectivity index (χ1) is 8.93. The molecule has 2 aliphatic rings. The number of rotatable bonds is 2. The minimum atomic E-state index is 0.836. The quantitative estimate of drug-likeness (QED) is 0.752. The second kappa shape index (κ2) is 4.01. The highest BCUT2D eigenvalue weighted by Crippen LogP contribution is 2.44. The van der Waals surface area contributed by atoms with E-state index in [0.29, 0.717) is 0 Å². The van der Waals surface area contributed by atoms with E-state index in [1.807, 2.05) is 0 Å². The predicted molar refractivity (Wildman–Crippen MR) is 77.4 cm³/mol. The Balaban J connectivity index is 1.90. The van der Waals surface area contributed by atoms with Gasteiger partial charge in [-0.25, -0.2) is 0 Å². The summed E-state index contributed by atoms with van der Waals surface area (Å²) in [6, 6.07) is 13.7. The molecule has 0 radical (unpaired) electrons. The van der Waals surface area contributed by atoms with Crippen molar-refractivity contribution < 1.29 is 0 Å².